The Kier molecular flexibility index (Phi) is 3.98. The Bertz CT molecular complexity index is 659. The van der Waals surface area contributed by atoms with Crippen molar-refractivity contribution in [2.75, 3.05) is 18.5 Å². The number of aromatic nitrogens is 1. The number of anilines is 1. The largest absolute Gasteiger partial charge is 0.472 e. The Balaban J connectivity index is 1.80. The molecule has 0 fully saturated rings. The van der Waals surface area contributed by atoms with Crippen molar-refractivity contribution in [3.63, 3.8) is 0 Å². The van der Waals surface area contributed by atoms with E-state index in [0.717, 1.165) is 23.4 Å². The Morgan fingerprint density at radius 1 is 1.32 bits per heavy atom. The van der Waals surface area contributed by atoms with E-state index in [4.69, 9.17) is 4.74 Å². The van der Waals surface area contributed by atoms with Gasteiger partial charge >= 0.3 is 0 Å². The molecule has 0 radical (unpaired) electrons. The Labute approximate surface area is 129 Å². The van der Waals surface area contributed by atoms with Crippen LogP contribution in [0.25, 0.3) is 0 Å². The Morgan fingerprint density at radius 2 is 2.09 bits per heavy atom. The number of rotatable bonds is 4. The number of ether oxygens (including phenoxy) is 1. The molecule has 3 rings (SSSR count). The van der Waals surface area contributed by atoms with Crippen molar-refractivity contribution in [1.82, 2.24) is 10.3 Å². The molecule has 0 bridgehead atoms. The molecule has 1 atom stereocenters. The number of nitrogens with zero attached hydrogens (tertiary/aromatic N) is 1. The third-order valence-corrected chi connectivity index (χ3v) is 3.70. The van der Waals surface area contributed by atoms with Crippen molar-refractivity contribution in [3.8, 4) is 5.88 Å². The molecular weight excluding hydrogens is 281 g/mol. The van der Waals surface area contributed by atoms with E-state index >= 15 is 0 Å². The lowest BCUT2D eigenvalue weighted by molar-refractivity contribution is 0.196. The maximum atomic E-state index is 13.0. The van der Waals surface area contributed by atoms with Crippen LogP contribution in [0, 0.1) is 5.82 Å². The summed E-state index contributed by atoms with van der Waals surface area (Å²) in [4.78, 5) is 4.37. The zero-order valence-electron chi connectivity index (χ0n) is 12.8. The van der Waals surface area contributed by atoms with Crippen molar-refractivity contribution >= 4 is 5.69 Å². The molecule has 0 saturated heterocycles. The van der Waals surface area contributed by atoms with Crippen molar-refractivity contribution in [2.24, 2.45) is 0 Å². The third-order valence-electron chi connectivity index (χ3n) is 3.70. The lowest BCUT2D eigenvalue weighted by Gasteiger charge is -2.36. The van der Waals surface area contributed by atoms with Crippen LogP contribution < -0.4 is 15.4 Å². The minimum absolute atomic E-state index is 0.219. The standard InChI is InChI=1S/C17H20FN3O/c1-3-20-17(2)11-22-16-15(21-17)9-13(10-19-16)8-12-4-6-14(18)7-5-12/h4-7,9-10,20-21H,3,8,11H2,1-2H3/t17-/m0/s1. The second kappa shape index (κ2) is 5.93. The van der Waals surface area contributed by atoms with Crippen LogP contribution in [0.15, 0.2) is 36.5 Å². The van der Waals surface area contributed by atoms with Gasteiger partial charge in [-0.25, -0.2) is 9.37 Å². The Morgan fingerprint density at radius 3 is 2.82 bits per heavy atom. The molecule has 1 aromatic carbocycles. The average molecular weight is 301 g/mol. The first-order chi connectivity index (χ1) is 10.6. The van der Waals surface area contributed by atoms with Gasteiger partial charge in [0.15, 0.2) is 0 Å². The molecule has 0 saturated carbocycles. The first-order valence-corrected chi connectivity index (χ1v) is 7.47. The molecule has 1 aromatic heterocycles. The summed E-state index contributed by atoms with van der Waals surface area (Å²) in [6.45, 7) is 5.50. The number of likely N-dealkylation sites (N-methyl/N-ethyl adjacent to an activating group) is 1. The number of hydrogen-bond acceptors (Lipinski definition) is 4. The number of pyridine rings is 1. The summed E-state index contributed by atoms with van der Waals surface area (Å²) >= 11 is 0. The molecule has 2 aromatic rings. The van der Waals surface area contributed by atoms with Gasteiger partial charge in [0.25, 0.3) is 0 Å². The highest BCUT2D eigenvalue weighted by Gasteiger charge is 2.30. The van der Waals surface area contributed by atoms with E-state index in [1.807, 2.05) is 6.07 Å². The molecule has 0 spiro atoms. The van der Waals surface area contributed by atoms with Crippen molar-refractivity contribution in [2.45, 2.75) is 25.9 Å². The van der Waals surface area contributed by atoms with Crippen LogP contribution >= 0.6 is 0 Å². The first-order valence-electron chi connectivity index (χ1n) is 7.47. The molecule has 22 heavy (non-hydrogen) atoms. The van der Waals surface area contributed by atoms with Gasteiger partial charge < -0.3 is 10.1 Å². The SMILES string of the molecule is CCN[C@]1(C)COc2ncc(Cc3ccc(F)cc3)cc2N1. The van der Waals surface area contributed by atoms with Gasteiger partial charge in [-0.05, 0) is 49.2 Å². The quantitative estimate of drug-likeness (QED) is 0.911. The average Bonchev–Trinajstić information content (AvgIpc) is 2.49. The van der Waals surface area contributed by atoms with Crippen LogP contribution in [0.2, 0.25) is 0 Å². The van der Waals surface area contributed by atoms with E-state index in [1.165, 1.54) is 12.1 Å². The molecule has 1 aliphatic heterocycles. The van der Waals surface area contributed by atoms with E-state index in [1.54, 1.807) is 18.3 Å². The predicted molar refractivity (Wildman–Crippen MR) is 84.6 cm³/mol. The summed E-state index contributed by atoms with van der Waals surface area (Å²) in [5.41, 5.74) is 2.70. The number of benzene rings is 1. The number of halogens is 1. The predicted octanol–water partition coefficient (Wildman–Crippen LogP) is 2.94. The zero-order valence-corrected chi connectivity index (χ0v) is 12.8. The number of nitrogens with one attached hydrogen (secondary N) is 2. The van der Waals surface area contributed by atoms with Gasteiger partial charge in [-0.1, -0.05) is 19.1 Å². The molecule has 1 aliphatic rings. The van der Waals surface area contributed by atoms with Gasteiger partial charge in [0, 0.05) is 6.20 Å². The van der Waals surface area contributed by atoms with E-state index in [2.05, 4.69) is 29.5 Å². The van der Waals surface area contributed by atoms with Gasteiger partial charge in [0.05, 0.1) is 5.69 Å². The lowest BCUT2D eigenvalue weighted by atomic mass is 10.1. The highest BCUT2D eigenvalue weighted by Crippen LogP contribution is 2.30. The summed E-state index contributed by atoms with van der Waals surface area (Å²) in [5, 5.41) is 6.82. The number of fused-ring (bicyclic) bond motifs is 1. The fourth-order valence-electron chi connectivity index (χ4n) is 2.67. The van der Waals surface area contributed by atoms with Crippen molar-refractivity contribution < 1.29 is 9.13 Å². The van der Waals surface area contributed by atoms with Gasteiger partial charge in [-0.3, -0.25) is 5.32 Å². The topological polar surface area (TPSA) is 46.2 Å². The highest BCUT2D eigenvalue weighted by molar-refractivity contribution is 5.57. The van der Waals surface area contributed by atoms with Crippen LogP contribution in [-0.2, 0) is 6.42 Å². The summed E-state index contributed by atoms with van der Waals surface area (Å²) in [7, 11) is 0. The molecule has 116 valence electrons. The zero-order chi connectivity index (χ0) is 15.6. The summed E-state index contributed by atoms with van der Waals surface area (Å²) in [6, 6.07) is 8.58. The summed E-state index contributed by atoms with van der Waals surface area (Å²) < 4.78 is 18.7. The minimum Gasteiger partial charge on any atom is -0.472 e. The molecule has 0 amide bonds. The molecule has 0 unspecified atom stereocenters. The maximum absolute atomic E-state index is 13.0. The van der Waals surface area contributed by atoms with Crippen molar-refractivity contribution in [1.29, 1.82) is 0 Å². The van der Waals surface area contributed by atoms with E-state index in [0.29, 0.717) is 18.9 Å². The Hall–Kier alpha value is -2.14. The molecule has 4 nitrogen and oxygen atoms in total. The van der Waals surface area contributed by atoms with Crippen LogP contribution in [0.4, 0.5) is 10.1 Å². The fraction of sp³-hybridized carbons (Fsp3) is 0.353. The molecule has 5 heteroatoms. The van der Waals surface area contributed by atoms with Crippen LogP contribution in [0.1, 0.15) is 25.0 Å². The van der Waals surface area contributed by atoms with E-state index in [9.17, 15) is 4.39 Å². The van der Waals surface area contributed by atoms with Crippen LogP contribution in [-0.4, -0.2) is 23.8 Å². The van der Waals surface area contributed by atoms with Gasteiger partial charge in [0.1, 0.15) is 18.1 Å². The highest BCUT2D eigenvalue weighted by atomic mass is 19.1. The number of hydrogen-bond donors (Lipinski definition) is 2. The van der Waals surface area contributed by atoms with Gasteiger partial charge in [-0.2, -0.15) is 0 Å². The third kappa shape index (κ3) is 3.20. The normalized spacial score (nSPS) is 20.0. The van der Waals surface area contributed by atoms with Gasteiger partial charge in [-0.15, -0.1) is 0 Å². The fourth-order valence-corrected chi connectivity index (χ4v) is 2.67. The molecule has 2 N–H and O–H groups in total. The van der Waals surface area contributed by atoms with Crippen LogP contribution in [0.3, 0.4) is 0 Å². The second-order valence-electron chi connectivity index (χ2n) is 5.78. The van der Waals surface area contributed by atoms with Crippen LogP contribution in [0.5, 0.6) is 5.88 Å². The first kappa shape index (κ1) is 14.8. The lowest BCUT2D eigenvalue weighted by Crippen LogP contribution is -2.55. The smallest absolute Gasteiger partial charge is 0.237 e. The summed E-state index contributed by atoms with van der Waals surface area (Å²) in [6.07, 6.45) is 2.51. The minimum atomic E-state index is -0.294. The monoisotopic (exact) mass is 301 g/mol. The molecule has 0 aliphatic carbocycles. The van der Waals surface area contributed by atoms with Crippen molar-refractivity contribution in [3.05, 3.63) is 53.5 Å². The molecular formula is C17H20FN3O. The molecule has 2 heterocycles. The van der Waals surface area contributed by atoms with Gasteiger partial charge in [0.2, 0.25) is 5.88 Å². The summed E-state index contributed by atoms with van der Waals surface area (Å²) in [5.74, 6) is 0.405. The van der Waals surface area contributed by atoms with E-state index in [-0.39, 0.29) is 11.5 Å². The van der Waals surface area contributed by atoms with E-state index < -0.39 is 0 Å². The second-order valence-corrected chi connectivity index (χ2v) is 5.78. The maximum Gasteiger partial charge on any atom is 0.237 e.